The molecule has 2 atom stereocenters. The minimum absolute atomic E-state index is 0.379. The lowest BCUT2D eigenvalue weighted by Crippen LogP contribution is -2.48. The third-order valence-electron chi connectivity index (χ3n) is 4.60. The maximum absolute atomic E-state index is 5.95. The van der Waals surface area contributed by atoms with Crippen molar-refractivity contribution in [3.63, 3.8) is 0 Å². The minimum Gasteiger partial charge on any atom is -0.381 e. The largest absolute Gasteiger partial charge is 0.381 e. The number of piperidine rings is 1. The van der Waals surface area contributed by atoms with Crippen LogP contribution in [0.2, 0.25) is 19.6 Å². The first-order valence-electron chi connectivity index (χ1n) is 8.00. The van der Waals surface area contributed by atoms with Crippen molar-refractivity contribution in [2.45, 2.75) is 51.2 Å². The molecular formula is C17H30N2OSi. The van der Waals surface area contributed by atoms with Gasteiger partial charge in [-0.15, -0.1) is 0 Å². The van der Waals surface area contributed by atoms with Gasteiger partial charge in [-0.3, -0.25) is 4.90 Å². The van der Waals surface area contributed by atoms with Gasteiger partial charge in [0.2, 0.25) is 0 Å². The summed E-state index contributed by atoms with van der Waals surface area (Å²) in [5.74, 6) is 0. The molecule has 0 aromatic heterocycles. The van der Waals surface area contributed by atoms with E-state index in [1.54, 1.807) is 0 Å². The van der Waals surface area contributed by atoms with Crippen molar-refractivity contribution in [1.82, 2.24) is 4.90 Å². The zero-order valence-corrected chi connectivity index (χ0v) is 14.9. The van der Waals surface area contributed by atoms with Crippen LogP contribution in [0.3, 0.4) is 0 Å². The molecule has 0 aliphatic carbocycles. The Morgan fingerprint density at radius 3 is 2.43 bits per heavy atom. The highest BCUT2D eigenvalue weighted by Crippen LogP contribution is 2.21. The zero-order valence-electron chi connectivity index (χ0n) is 13.9. The molecule has 0 spiro atoms. The Bertz CT molecular complexity index is 441. The van der Waals surface area contributed by atoms with E-state index in [4.69, 9.17) is 10.5 Å². The van der Waals surface area contributed by atoms with E-state index in [9.17, 15) is 0 Å². The lowest BCUT2D eigenvalue weighted by Gasteiger charge is -2.38. The van der Waals surface area contributed by atoms with Crippen LogP contribution in [0, 0.1) is 0 Å². The van der Waals surface area contributed by atoms with Crippen LogP contribution in [-0.4, -0.2) is 45.3 Å². The number of methoxy groups -OCH3 is 1. The monoisotopic (exact) mass is 306 g/mol. The molecule has 2 rings (SSSR count). The molecule has 2 N–H and O–H groups in total. The SMILES string of the molecule is COC1CCN(Cc2ccc([Si](C)(C)C)cc2)C(CN)C1. The minimum atomic E-state index is -1.19. The summed E-state index contributed by atoms with van der Waals surface area (Å²) in [5, 5.41) is 1.53. The number of nitrogens with two attached hydrogens (primary N) is 1. The molecule has 1 saturated heterocycles. The highest BCUT2D eigenvalue weighted by Gasteiger charge is 2.27. The van der Waals surface area contributed by atoms with Crippen LogP contribution < -0.4 is 10.9 Å². The van der Waals surface area contributed by atoms with Gasteiger partial charge in [-0.2, -0.15) is 0 Å². The maximum Gasteiger partial charge on any atom is 0.0775 e. The standard InChI is InChI=1S/C17H30N2OSi/c1-20-16-9-10-19(15(11-16)12-18)13-14-5-7-17(8-6-14)21(2,3)4/h5-8,15-16H,9-13,18H2,1-4H3. The third kappa shape index (κ3) is 4.39. The molecule has 0 bridgehead atoms. The topological polar surface area (TPSA) is 38.5 Å². The summed E-state index contributed by atoms with van der Waals surface area (Å²) >= 11 is 0. The van der Waals surface area contributed by atoms with Gasteiger partial charge < -0.3 is 10.5 Å². The summed E-state index contributed by atoms with van der Waals surface area (Å²) in [6, 6.07) is 9.68. The average Bonchev–Trinajstić information content (AvgIpc) is 2.47. The fourth-order valence-corrected chi connectivity index (χ4v) is 4.24. The summed E-state index contributed by atoms with van der Waals surface area (Å²) in [6.07, 6.45) is 2.55. The summed E-state index contributed by atoms with van der Waals surface area (Å²) in [6.45, 7) is 9.97. The van der Waals surface area contributed by atoms with E-state index in [1.807, 2.05) is 7.11 Å². The van der Waals surface area contributed by atoms with Gasteiger partial charge in [0, 0.05) is 32.8 Å². The fraction of sp³-hybridized carbons (Fsp3) is 0.647. The Hall–Kier alpha value is -0.683. The fourth-order valence-electron chi connectivity index (χ4n) is 3.07. The smallest absolute Gasteiger partial charge is 0.0775 e. The van der Waals surface area contributed by atoms with E-state index < -0.39 is 8.07 Å². The molecule has 21 heavy (non-hydrogen) atoms. The predicted molar refractivity (Wildman–Crippen MR) is 92.7 cm³/mol. The molecule has 4 heteroatoms. The Morgan fingerprint density at radius 2 is 1.90 bits per heavy atom. The second-order valence-corrected chi connectivity index (χ2v) is 12.3. The second-order valence-electron chi connectivity index (χ2n) is 7.19. The van der Waals surface area contributed by atoms with Gasteiger partial charge in [0.1, 0.15) is 0 Å². The van der Waals surface area contributed by atoms with E-state index >= 15 is 0 Å². The van der Waals surface area contributed by atoms with Crippen LogP contribution in [0.25, 0.3) is 0 Å². The third-order valence-corrected chi connectivity index (χ3v) is 6.67. The second kappa shape index (κ2) is 7.05. The Kier molecular flexibility index (Phi) is 5.60. The normalized spacial score (nSPS) is 24.2. The molecule has 1 aliphatic rings. The van der Waals surface area contributed by atoms with Crippen LogP contribution >= 0.6 is 0 Å². The van der Waals surface area contributed by atoms with Crippen LogP contribution in [0.15, 0.2) is 24.3 Å². The predicted octanol–water partition coefficient (Wildman–Crippen LogP) is 2.17. The molecule has 1 aromatic rings. The average molecular weight is 307 g/mol. The van der Waals surface area contributed by atoms with E-state index in [2.05, 4.69) is 48.8 Å². The number of nitrogens with zero attached hydrogens (tertiary/aromatic N) is 1. The lowest BCUT2D eigenvalue weighted by molar-refractivity contribution is 0.0102. The van der Waals surface area contributed by atoms with Crippen molar-refractivity contribution < 1.29 is 4.74 Å². The van der Waals surface area contributed by atoms with Gasteiger partial charge in [0.05, 0.1) is 14.2 Å². The summed E-state index contributed by atoms with van der Waals surface area (Å²) < 4.78 is 5.50. The van der Waals surface area contributed by atoms with Crippen molar-refractivity contribution >= 4 is 13.3 Å². The number of likely N-dealkylation sites (tertiary alicyclic amines) is 1. The summed E-state index contributed by atoms with van der Waals surface area (Å²) in [5.41, 5.74) is 7.35. The lowest BCUT2D eigenvalue weighted by atomic mass is 9.98. The van der Waals surface area contributed by atoms with Crippen molar-refractivity contribution in [2.75, 3.05) is 20.2 Å². The van der Waals surface area contributed by atoms with Gasteiger partial charge in [-0.1, -0.05) is 49.1 Å². The molecule has 1 aromatic carbocycles. The zero-order chi connectivity index (χ0) is 15.5. The molecule has 3 nitrogen and oxygen atoms in total. The van der Waals surface area contributed by atoms with Crippen LogP contribution in [0.1, 0.15) is 18.4 Å². The van der Waals surface area contributed by atoms with E-state index in [0.717, 1.165) is 25.9 Å². The molecule has 1 fully saturated rings. The molecule has 0 radical (unpaired) electrons. The molecule has 1 heterocycles. The van der Waals surface area contributed by atoms with Crippen molar-refractivity contribution in [1.29, 1.82) is 0 Å². The number of ether oxygens (including phenoxy) is 1. The summed E-state index contributed by atoms with van der Waals surface area (Å²) in [7, 11) is 0.615. The van der Waals surface area contributed by atoms with Crippen LogP contribution in [0.5, 0.6) is 0 Å². The van der Waals surface area contributed by atoms with Crippen LogP contribution in [-0.2, 0) is 11.3 Å². The highest BCUT2D eigenvalue weighted by atomic mass is 28.3. The Morgan fingerprint density at radius 1 is 1.24 bits per heavy atom. The number of rotatable bonds is 5. The first-order valence-corrected chi connectivity index (χ1v) is 11.5. The van der Waals surface area contributed by atoms with Gasteiger partial charge in [-0.05, 0) is 18.4 Å². The Labute approximate surface area is 130 Å². The maximum atomic E-state index is 5.95. The molecule has 0 saturated carbocycles. The molecule has 118 valence electrons. The first-order chi connectivity index (χ1) is 9.94. The van der Waals surface area contributed by atoms with E-state index in [1.165, 1.54) is 10.8 Å². The van der Waals surface area contributed by atoms with E-state index in [-0.39, 0.29) is 0 Å². The van der Waals surface area contributed by atoms with Crippen molar-refractivity contribution in [3.8, 4) is 0 Å². The van der Waals surface area contributed by atoms with Gasteiger partial charge in [0.15, 0.2) is 0 Å². The molecule has 1 aliphatic heterocycles. The number of hydrogen-bond acceptors (Lipinski definition) is 3. The van der Waals surface area contributed by atoms with Crippen molar-refractivity contribution in [2.24, 2.45) is 5.73 Å². The Balaban J connectivity index is 2.00. The first kappa shape index (κ1) is 16.7. The van der Waals surface area contributed by atoms with Gasteiger partial charge in [0.25, 0.3) is 0 Å². The number of benzene rings is 1. The molecule has 2 unspecified atom stereocenters. The highest BCUT2D eigenvalue weighted by molar-refractivity contribution is 6.88. The van der Waals surface area contributed by atoms with Gasteiger partial charge in [-0.25, -0.2) is 0 Å². The van der Waals surface area contributed by atoms with E-state index in [0.29, 0.717) is 18.7 Å². The quantitative estimate of drug-likeness (QED) is 0.847. The summed E-state index contributed by atoms with van der Waals surface area (Å²) in [4.78, 5) is 2.51. The van der Waals surface area contributed by atoms with Crippen LogP contribution in [0.4, 0.5) is 0 Å². The molecular weight excluding hydrogens is 276 g/mol. The van der Waals surface area contributed by atoms with Gasteiger partial charge >= 0.3 is 0 Å². The number of hydrogen-bond donors (Lipinski definition) is 1. The van der Waals surface area contributed by atoms with Crippen molar-refractivity contribution in [3.05, 3.63) is 29.8 Å². The molecule has 0 amide bonds.